The van der Waals surface area contributed by atoms with Crippen molar-refractivity contribution in [2.75, 3.05) is 0 Å². The summed E-state index contributed by atoms with van der Waals surface area (Å²) in [5.41, 5.74) is 8.36. The quantitative estimate of drug-likeness (QED) is 0.718. The summed E-state index contributed by atoms with van der Waals surface area (Å²) in [6.45, 7) is 0. The molecule has 4 nitrogen and oxygen atoms in total. The van der Waals surface area contributed by atoms with E-state index >= 15 is 0 Å². The molecule has 0 unspecified atom stereocenters. The van der Waals surface area contributed by atoms with Crippen molar-refractivity contribution >= 4 is 16.9 Å². The Morgan fingerprint density at radius 2 is 1.78 bits per heavy atom. The molecule has 1 heterocycles. The van der Waals surface area contributed by atoms with Gasteiger partial charge < -0.3 is 10.7 Å². The zero-order valence-electron chi connectivity index (χ0n) is 9.55. The molecule has 0 bridgehead atoms. The third kappa shape index (κ3) is 1.64. The minimum atomic E-state index is -0.453. The summed E-state index contributed by atoms with van der Waals surface area (Å²) in [4.78, 5) is 19.0. The molecular weight excluding hydrogens is 226 g/mol. The summed E-state index contributed by atoms with van der Waals surface area (Å²) >= 11 is 0. The molecule has 88 valence electrons. The van der Waals surface area contributed by atoms with Crippen LogP contribution in [0.5, 0.6) is 0 Å². The summed E-state index contributed by atoms with van der Waals surface area (Å²) < 4.78 is 0. The lowest BCUT2D eigenvalue weighted by Crippen LogP contribution is -2.12. The van der Waals surface area contributed by atoms with Crippen molar-refractivity contribution in [3.05, 3.63) is 54.1 Å². The number of carbonyl (C=O) groups excluding carboxylic acids is 1. The Kier molecular flexibility index (Phi) is 2.34. The number of primary amides is 1. The van der Waals surface area contributed by atoms with Gasteiger partial charge in [-0.3, -0.25) is 4.79 Å². The van der Waals surface area contributed by atoms with Crippen LogP contribution in [0.2, 0.25) is 0 Å². The minimum Gasteiger partial charge on any atom is -0.366 e. The lowest BCUT2D eigenvalue weighted by molar-refractivity contribution is 0.100. The maximum Gasteiger partial charge on any atom is 0.249 e. The van der Waals surface area contributed by atoms with Gasteiger partial charge in [-0.25, -0.2) is 4.98 Å². The van der Waals surface area contributed by atoms with Crippen molar-refractivity contribution in [1.29, 1.82) is 0 Å². The summed E-state index contributed by atoms with van der Waals surface area (Å²) in [5.74, 6) is 0.205. The van der Waals surface area contributed by atoms with Crippen molar-refractivity contribution in [1.82, 2.24) is 9.97 Å². The monoisotopic (exact) mass is 237 g/mol. The number of H-pyrrole nitrogens is 1. The number of nitrogens with two attached hydrogens (primary N) is 1. The van der Waals surface area contributed by atoms with Crippen molar-refractivity contribution in [3.63, 3.8) is 0 Å². The van der Waals surface area contributed by atoms with Crippen molar-refractivity contribution in [2.24, 2.45) is 5.73 Å². The minimum absolute atomic E-state index is 0.453. The highest BCUT2D eigenvalue weighted by molar-refractivity contribution is 5.99. The van der Waals surface area contributed by atoms with Crippen molar-refractivity contribution < 1.29 is 4.79 Å². The molecule has 1 aromatic heterocycles. The number of carbonyl (C=O) groups is 1. The van der Waals surface area contributed by atoms with Gasteiger partial charge in [0.2, 0.25) is 5.91 Å². The Morgan fingerprint density at radius 3 is 2.56 bits per heavy atom. The van der Waals surface area contributed by atoms with Crippen molar-refractivity contribution in [3.8, 4) is 11.4 Å². The molecule has 0 fully saturated rings. The van der Waals surface area contributed by atoms with E-state index in [0.29, 0.717) is 11.4 Å². The van der Waals surface area contributed by atoms with Gasteiger partial charge in [-0.2, -0.15) is 0 Å². The van der Waals surface area contributed by atoms with E-state index in [-0.39, 0.29) is 0 Å². The fraction of sp³-hybridized carbons (Fsp3) is 0. The number of benzene rings is 2. The molecule has 0 aliphatic heterocycles. The van der Waals surface area contributed by atoms with Gasteiger partial charge in [0, 0.05) is 5.56 Å². The van der Waals surface area contributed by atoms with Crippen molar-refractivity contribution in [2.45, 2.75) is 0 Å². The van der Waals surface area contributed by atoms with Crippen LogP contribution < -0.4 is 5.73 Å². The number of aromatic amines is 1. The van der Waals surface area contributed by atoms with Crippen LogP contribution in [0.25, 0.3) is 22.4 Å². The normalized spacial score (nSPS) is 10.7. The highest BCUT2D eigenvalue weighted by Crippen LogP contribution is 2.23. The lowest BCUT2D eigenvalue weighted by Gasteiger charge is -2.02. The van der Waals surface area contributed by atoms with Crippen LogP contribution in [-0.2, 0) is 0 Å². The van der Waals surface area contributed by atoms with Crippen LogP contribution in [-0.4, -0.2) is 15.9 Å². The number of para-hydroxylation sites is 2. The van der Waals surface area contributed by atoms with Crippen LogP contribution >= 0.6 is 0 Å². The molecule has 0 aliphatic rings. The first-order valence-corrected chi connectivity index (χ1v) is 5.59. The average molecular weight is 237 g/mol. The topological polar surface area (TPSA) is 71.8 Å². The molecule has 0 atom stereocenters. The Hall–Kier alpha value is -2.62. The van der Waals surface area contributed by atoms with Gasteiger partial charge in [-0.05, 0) is 18.2 Å². The highest BCUT2D eigenvalue weighted by Gasteiger charge is 2.12. The third-order valence-corrected chi connectivity index (χ3v) is 2.84. The standard InChI is InChI=1S/C14H11N3O/c15-13(18)9-5-1-2-6-10(9)14-16-11-7-3-4-8-12(11)17-14/h1-8H,(H2,15,18)(H,16,17). The largest absolute Gasteiger partial charge is 0.366 e. The third-order valence-electron chi connectivity index (χ3n) is 2.84. The molecule has 0 radical (unpaired) electrons. The summed E-state index contributed by atoms with van der Waals surface area (Å²) in [6, 6.07) is 14.9. The van der Waals surface area contributed by atoms with E-state index in [1.54, 1.807) is 12.1 Å². The number of hydrogen-bond donors (Lipinski definition) is 2. The van der Waals surface area contributed by atoms with Crippen LogP contribution in [0, 0.1) is 0 Å². The second-order valence-electron chi connectivity index (χ2n) is 4.01. The molecular formula is C14H11N3O. The molecule has 0 saturated carbocycles. The van der Waals surface area contributed by atoms with Gasteiger partial charge in [-0.15, -0.1) is 0 Å². The summed E-state index contributed by atoms with van der Waals surface area (Å²) in [6.07, 6.45) is 0. The van der Waals surface area contributed by atoms with Crippen LogP contribution in [0.4, 0.5) is 0 Å². The van der Waals surface area contributed by atoms with E-state index in [0.717, 1.165) is 16.6 Å². The van der Waals surface area contributed by atoms with Gasteiger partial charge in [0.05, 0.1) is 16.6 Å². The van der Waals surface area contributed by atoms with Gasteiger partial charge in [0.25, 0.3) is 0 Å². The zero-order chi connectivity index (χ0) is 12.5. The van der Waals surface area contributed by atoms with Crippen LogP contribution in [0.1, 0.15) is 10.4 Å². The van der Waals surface area contributed by atoms with E-state index in [9.17, 15) is 4.79 Å². The van der Waals surface area contributed by atoms with E-state index < -0.39 is 5.91 Å². The Morgan fingerprint density at radius 1 is 1.06 bits per heavy atom. The number of nitrogens with zero attached hydrogens (tertiary/aromatic N) is 1. The summed E-state index contributed by atoms with van der Waals surface area (Å²) in [5, 5.41) is 0. The van der Waals surface area contributed by atoms with E-state index in [1.165, 1.54) is 0 Å². The molecule has 0 saturated heterocycles. The molecule has 0 spiro atoms. The average Bonchev–Trinajstić information content (AvgIpc) is 2.82. The maximum atomic E-state index is 11.4. The number of amides is 1. The number of fused-ring (bicyclic) bond motifs is 1. The molecule has 3 N–H and O–H groups in total. The first kappa shape index (κ1) is 10.5. The Labute approximate surface area is 103 Å². The Balaban J connectivity index is 2.23. The first-order chi connectivity index (χ1) is 8.75. The zero-order valence-corrected chi connectivity index (χ0v) is 9.55. The fourth-order valence-corrected chi connectivity index (χ4v) is 1.98. The molecule has 3 rings (SSSR count). The van der Waals surface area contributed by atoms with Gasteiger partial charge in [-0.1, -0.05) is 30.3 Å². The number of rotatable bonds is 2. The highest BCUT2D eigenvalue weighted by atomic mass is 16.1. The van der Waals surface area contributed by atoms with E-state index in [1.807, 2.05) is 36.4 Å². The number of nitrogens with one attached hydrogen (secondary N) is 1. The molecule has 0 aliphatic carbocycles. The number of aromatic nitrogens is 2. The van der Waals surface area contributed by atoms with Gasteiger partial charge >= 0.3 is 0 Å². The van der Waals surface area contributed by atoms with Gasteiger partial charge in [0.1, 0.15) is 5.82 Å². The van der Waals surface area contributed by atoms with Crippen LogP contribution in [0.3, 0.4) is 0 Å². The number of imidazole rings is 1. The molecule has 1 amide bonds. The predicted molar refractivity (Wildman–Crippen MR) is 70.0 cm³/mol. The molecule has 3 aromatic rings. The van der Waals surface area contributed by atoms with E-state index in [2.05, 4.69) is 9.97 Å². The van der Waals surface area contributed by atoms with Gasteiger partial charge in [0.15, 0.2) is 0 Å². The molecule has 2 aromatic carbocycles. The Bertz CT molecular complexity index is 697. The lowest BCUT2D eigenvalue weighted by atomic mass is 10.1. The summed E-state index contributed by atoms with van der Waals surface area (Å²) in [7, 11) is 0. The predicted octanol–water partition coefficient (Wildman–Crippen LogP) is 2.33. The second-order valence-corrected chi connectivity index (χ2v) is 4.01. The second kappa shape index (κ2) is 4.00. The molecule has 18 heavy (non-hydrogen) atoms. The molecule has 4 heteroatoms. The SMILES string of the molecule is NC(=O)c1ccccc1-c1nc2ccccc2[nH]1. The maximum absolute atomic E-state index is 11.4. The smallest absolute Gasteiger partial charge is 0.249 e. The first-order valence-electron chi connectivity index (χ1n) is 5.59. The van der Waals surface area contributed by atoms with Crippen LogP contribution in [0.15, 0.2) is 48.5 Å². The fourth-order valence-electron chi connectivity index (χ4n) is 1.98. The number of hydrogen-bond acceptors (Lipinski definition) is 2. The van der Waals surface area contributed by atoms with E-state index in [4.69, 9.17) is 5.73 Å².